The van der Waals surface area contributed by atoms with Gasteiger partial charge in [-0.25, -0.2) is 4.98 Å². The zero-order valence-corrected chi connectivity index (χ0v) is 13.0. The summed E-state index contributed by atoms with van der Waals surface area (Å²) in [6.07, 6.45) is 0. The molecule has 4 rings (SSSR count). The van der Waals surface area contributed by atoms with Crippen molar-refractivity contribution in [1.29, 1.82) is 0 Å². The number of pyridine rings is 1. The van der Waals surface area contributed by atoms with Gasteiger partial charge in [-0.05, 0) is 24.4 Å². The van der Waals surface area contributed by atoms with Crippen molar-refractivity contribution in [2.24, 2.45) is 0 Å². The summed E-state index contributed by atoms with van der Waals surface area (Å²) in [4.78, 5) is 10.8. The molecule has 0 aliphatic rings. The summed E-state index contributed by atoms with van der Waals surface area (Å²) in [7, 11) is 0. The van der Waals surface area contributed by atoms with E-state index < -0.39 is 0 Å². The molecule has 1 aromatic carbocycles. The Hall–Kier alpha value is -2.04. The lowest BCUT2D eigenvalue weighted by Crippen LogP contribution is -1.87. The van der Waals surface area contributed by atoms with E-state index in [4.69, 9.17) is 9.97 Å². The van der Waals surface area contributed by atoms with Crippen LogP contribution in [-0.2, 0) is 0 Å². The van der Waals surface area contributed by atoms with Crippen molar-refractivity contribution >= 4 is 32.9 Å². The number of hydrogen-bond acceptors (Lipinski definition) is 4. The molecule has 0 saturated carbocycles. The monoisotopic (exact) mass is 308 g/mol. The minimum atomic E-state index is 0.989. The first-order chi connectivity index (χ1) is 10.3. The molecule has 0 saturated heterocycles. The average Bonchev–Trinajstić information content (AvgIpc) is 3.17. The average molecular weight is 308 g/mol. The molecule has 3 heterocycles. The van der Waals surface area contributed by atoms with Crippen LogP contribution in [0.3, 0.4) is 0 Å². The van der Waals surface area contributed by atoms with E-state index in [1.54, 1.807) is 22.7 Å². The van der Waals surface area contributed by atoms with E-state index >= 15 is 0 Å². The van der Waals surface area contributed by atoms with Crippen LogP contribution in [0, 0.1) is 6.92 Å². The van der Waals surface area contributed by atoms with Gasteiger partial charge in [-0.2, -0.15) is 0 Å². The fourth-order valence-corrected chi connectivity index (χ4v) is 4.13. The molecule has 4 aromatic rings. The van der Waals surface area contributed by atoms with E-state index in [-0.39, 0.29) is 0 Å². The van der Waals surface area contributed by atoms with E-state index in [0.29, 0.717) is 0 Å². The van der Waals surface area contributed by atoms with Crippen LogP contribution < -0.4 is 0 Å². The Morgan fingerprint density at radius 3 is 2.57 bits per heavy atom. The Kier molecular flexibility index (Phi) is 3.05. The van der Waals surface area contributed by atoms with Crippen molar-refractivity contribution in [3.63, 3.8) is 0 Å². The van der Waals surface area contributed by atoms with Gasteiger partial charge in [-0.15, -0.1) is 22.7 Å². The summed E-state index contributed by atoms with van der Waals surface area (Å²) >= 11 is 3.45. The predicted molar refractivity (Wildman–Crippen MR) is 90.9 cm³/mol. The largest absolute Gasteiger partial charge is 0.251 e. The molecule has 21 heavy (non-hydrogen) atoms. The molecule has 0 radical (unpaired) electrons. The Bertz CT molecular complexity index is 893. The Morgan fingerprint density at radius 1 is 0.952 bits per heavy atom. The molecule has 0 atom stereocenters. The van der Waals surface area contributed by atoms with Gasteiger partial charge in [0.25, 0.3) is 0 Å². The minimum Gasteiger partial charge on any atom is -0.251 e. The molecule has 0 spiro atoms. The zero-order valence-electron chi connectivity index (χ0n) is 11.4. The van der Waals surface area contributed by atoms with Crippen LogP contribution in [0.4, 0.5) is 0 Å². The molecule has 4 heteroatoms. The number of fused-ring (bicyclic) bond motifs is 1. The van der Waals surface area contributed by atoms with Crippen molar-refractivity contribution in [2.45, 2.75) is 6.92 Å². The topological polar surface area (TPSA) is 25.8 Å². The Morgan fingerprint density at radius 2 is 1.81 bits per heavy atom. The van der Waals surface area contributed by atoms with Crippen LogP contribution in [-0.4, -0.2) is 9.97 Å². The number of aryl methyl sites for hydroxylation is 1. The van der Waals surface area contributed by atoms with E-state index in [9.17, 15) is 0 Å². The maximum atomic E-state index is 4.79. The number of hydrogen-bond donors (Lipinski definition) is 0. The zero-order chi connectivity index (χ0) is 14.2. The summed E-state index contributed by atoms with van der Waals surface area (Å²) in [6.45, 7) is 2.06. The van der Waals surface area contributed by atoms with Crippen LogP contribution >= 0.6 is 22.7 Å². The molecular weight excluding hydrogens is 296 g/mol. The van der Waals surface area contributed by atoms with E-state index in [2.05, 4.69) is 42.6 Å². The number of thiazole rings is 1. The summed E-state index contributed by atoms with van der Waals surface area (Å²) in [5.74, 6) is 0. The fourth-order valence-electron chi connectivity index (χ4n) is 2.34. The molecule has 2 nitrogen and oxygen atoms in total. The van der Waals surface area contributed by atoms with Gasteiger partial charge in [0, 0.05) is 5.56 Å². The van der Waals surface area contributed by atoms with Crippen LogP contribution in [0.1, 0.15) is 5.69 Å². The van der Waals surface area contributed by atoms with Gasteiger partial charge in [-0.3, -0.25) is 4.98 Å². The number of aromatic nitrogens is 2. The Balaban J connectivity index is 1.90. The first-order valence-corrected chi connectivity index (χ1v) is 8.38. The highest BCUT2D eigenvalue weighted by Gasteiger charge is 2.12. The van der Waals surface area contributed by atoms with Gasteiger partial charge in [0.2, 0.25) is 0 Å². The molecular formula is C17H12N2S2. The number of benzene rings is 1. The van der Waals surface area contributed by atoms with Gasteiger partial charge in [0.1, 0.15) is 5.01 Å². The van der Waals surface area contributed by atoms with Gasteiger partial charge >= 0.3 is 0 Å². The second kappa shape index (κ2) is 5.06. The van der Waals surface area contributed by atoms with Crippen molar-refractivity contribution < 1.29 is 0 Å². The quantitative estimate of drug-likeness (QED) is 0.496. The standard InChI is InChI=1S/C17H12N2S2/c1-11-16-14(19-17(21-16)15-8-5-9-20-15)10-13(18-11)12-6-3-2-4-7-12/h2-10H,1H3. The second-order valence-corrected chi connectivity index (χ2v) is 6.75. The fraction of sp³-hybridized carbons (Fsp3) is 0.0588. The normalized spacial score (nSPS) is 11.1. The van der Waals surface area contributed by atoms with E-state index in [1.165, 1.54) is 9.58 Å². The summed E-state index contributed by atoms with van der Waals surface area (Å²) in [6, 6.07) is 16.5. The van der Waals surface area contributed by atoms with Crippen molar-refractivity contribution in [2.75, 3.05) is 0 Å². The van der Waals surface area contributed by atoms with Crippen molar-refractivity contribution in [1.82, 2.24) is 9.97 Å². The molecule has 0 fully saturated rings. The van der Waals surface area contributed by atoms with E-state index in [1.807, 2.05) is 18.2 Å². The van der Waals surface area contributed by atoms with Crippen LogP contribution in [0.5, 0.6) is 0 Å². The maximum Gasteiger partial charge on any atom is 0.134 e. The first-order valence-electron chi connectivity index (χ1n) is 6.69. The lowest BCUT2D eigenvalue weighted by Gasteiger charge is -2.02. The highest BCUT2D eigenvalue weighted by Crippen LogP contribution is 2.35. The van der Waals surface area contributed by atoms with Gasteiger partial charge in [0.05, 0.1) is 26.5 Å². The van der Waals surface area contributed by atoms with E-state index in [0.717, 1.165) is 27.5 Å². The molecule has 0 N–H and O–H groups in total. The molecule has 0 amide bonds. The minimum absolute atomic E-state index is 0.989. The third-order valence-corrected chi connectivity index (χ3v) is 5.56. The number of rotatable bonds is 2. The van der Waals surface area contributed by atoms with Crippen molar-refractivity contribution in [3.05, 3.63) is 59.6 Å². The molecule has 3 aromatic heterocycles. The molecule has 0 aliphatic carbocycles. The highest BCUT2D eigenvalue weighted by molar-refractivity contribution is 7.25. The maximum absolute atomic E-state index is 4.79. The SMILES string of the molecule is Cc1nc(-c2ccccc2)cc2nc(-c3cccs3)sc12. The van der Waals surface area contributed by atoms with Crippen molar-refractivity contribution in [3.8, 4) is 21.1 Å². The van der Waals surface area contributed by atoms with Crippen LogP contribution in [0.15, 0.2) is 53.9 Å². The summed E-state index contributed by atoms with van der Waals surface area (Å²) < 4.78 is 1.18. The number of thiophene rings is 1. The molecule has 102 valence electrons. The molecule has 0 bridgehead atoms. The third kappa shape index (κ3) is 2.26. The lowest BCUT2D eigenvalue weighted by atomic mass is 10.1. The van der Waals surface area contributed by atoms with Gasteiger partial charge in [0.15, 0.2) is 0 Å². The summed E-state index contributed by atoms with van der Waals surface area (Å²) in [5.41, 5.74) is 4.21. The summed E-state index contributed by atoms with van der Waals surface area (Å²) in [5, 5.41) is 3.16. The smallest absolute Gasteiger partial charge is 0.134 e. The predicted octanol–water partition coefficient (Wildman–Crippen LogP) is 5.40. The Labute approximate surface area is 130 Å². The number of nitrogens with zero attached hydrogens (tertiary/aromatic N) is 2. The van der Waals surface area contributed by atoms with Crippen LogP contribution in [0.2, 0.25) is 0 Å². The molecule has 0 aliphatic heterocycles. The highest BCUT2D eigenvalue weighted by atomic mass is 32.1. The van der Waals surface area contributed by atoms with Gasteiger partial charge in [-0.1, -0.05) is 36.4 Å². The second-order valence-electron chi connectivity index (χ2n) is 4.80. The third-order valence-electron chi connectivity index (χ3n) is 3.35. The lowest BCUT2D eigenvalue weighted by molar-refractivity contribution is 1.24. The first kappa shape index (κ1) is 12.7. The molecule has 0 unspecified atom stereocenters. The van der Waals surface area contributed by atoms with Crippen LogP contribution in [0.25, 0.3) is 31.4 Å². The van der Waals surface area contributed by atoms with Gasteiger partial charge < -0.3 is 0 Å².